The molecule has 1 aromatic carbocycles. The smallest absolute Gasteiger partial charge is 0.222 e. The Balaban J connectivity index is 1.63. The molecule has 5 heteroatoms. The third kappa shape index (κ3) is 4.41. The van der Waals surface area contributed by atoms with Crippen molar-refractivity contribution < 1.29 is 4.79 Å². The van der Waals surface area contributed by atoms with E-state index in [1.165, 1.54) is 16.7 Å². The van der Waals surface area contributed by atoms with Crippen LogP contribution in [0.4, 0.5) is 0 Å². The van der Waals surface area contributed by atoms with E-state index >= 15 is 0 Å². The second-order valence-electron chi connectivity index (χ2n) is 8.37. The molecule has 5 nitrogen and oxygen atoms in total. The van der Waals surface area contributed by atoms with Crippen LogP contribution in [0.3, 0.4) is 0 Å². The van der Waals surface area contributed by atoms with Crippen LogP contribution in [0.5, 0.6) is 0 Å². The number of likely N-dealkylation sites (tertiary alicyclic amines) is 1. The summed E-state index contributed by atoms with van der Waals surface area (Å²) in [6.07, 6.45) is 2.29. The highest BCUT2D eigenvalue weighted by Gasteiger charge is 2.34. The van der Waals surface area contributed by atoms with Gasteiger partial charge < -0.3 is 10.6 Å². The summed E-state index contributed by atoms with van der Waals surface area (Å²) in [7, 11) is 0. The van der Waals surface area contributed by atoms with Crippen molar-refractivity contribution in [3.8, 4) is 0 Å². The zero-order chi connectivity index (χ0) is 19.6. The molecule has 0 bridgehead atoms. The quantitative estimate of drug-likeness (QED) is 0.852. The van der Waals surface area contributed by atoms with Crippen molar-refractivity contribution in [2.24, 2.45) is 11.1 Å². The number of hydrogen-bond donors (Lipinski definition) is 1. The summed E-state index contributed by atoms with van der Waals surface area (Å²) in [5.41, 5.74) is 11.8. The molecule has 2 aromatic rings. The maximum atomic E-state index is 12.6. The number of rotatable bonds is 6. The molecule has 0 saturated carbocycles. The fraction of sp³-hybridized carbons (Fsp3) is 0.545. The molecule has 3 rings (SSSR count). The maximum Gasteiger partial charge on any atom is 0.222 e. The first-order valence-corrected chi connectivity index (χ1v) is 9.87. The molecular formula is C22H32N4O. The third-order valence-electron chi connectivity index (χ3n) is 5.98. The molecule has 0 radical (unpaired) electrons. The highest BCUT2D eigenvalue weighted by Crippen LogP contribution is 2.29. The van der Waals surface area contributed by atoms with Gasteiger partial charge in [0.25, 0.3) is 0 Å². The lowest BCUT2D eigenvalue weighted by atomic mass is 9.90. The van der Waals surface area contributed by atoms with Crippen molar-refractivity contribution in [2.45, 2.75) is 53.5 Å². The predicted molar refractivity (Wildman–Crippen MR) is 109 cm³/mol. The van der Waals surface area contributed by atoms with Crippen LogP contribution in [-0.2, 0) is 17.8 Å². The Morgan fingerprint density at radius 1 is 1.22 bits per heavy atom. The lowest BCUT2D eigenvalue weighted by Gasteiger charge is -2.22. The molecule has 0 aliphatic carbocycles. The number of nitrogens with zero attached hydrogens (tertiary/aromatic N) is 3. The molecule has 1 amide bonds. The number of aryl methyl sites for hydroxylation is 2. The van der Waals surface area contributed by atoms with E-state index in [4.69, 9.17) is 10.8 Å². The van der Waals surface area contributed by atoms with Crippen LogP contribution in [0.2, 0.25) is 0 Å². The van der Waals surface area contributed by atoms with Gasteiger partial charge in [-0.05, 0) is 56.7 Å². The fourth-order valence-electron chi connectivity index (χ4n) is 3.91. The fourth-order valence-corrected chi connectivity index (χ4v) is 3.91. The minimum Gasteiger partial charge on any atom is -0.342 e. The number of carbonyl (C=O) groups excluding carboxylic acids is 1. The monoisotopic (exact) mass is 368 g/mol. The van der Waals surface area contributed by atoms with Crippen molar-refractivity contribution in [1.29, 1.82) is 0 Å². The first-order chi connectivity index (χ1) is 12.8. The van der Waals surface area contributed by atoms with Gasteiger partial charge in [0.2, 0.25) is 5.91 Å². The average Bonchev–Trinajstić information content (AvgIpc) is 3.17. The van der Waals surface area contributed by atoms with Gasteiger partial charge in [-0.2, -0.15) is 5.10 Å². The van der Waals surface area contributed by atoms with Gasteiger partial charge in [0.15, 0.2) is 0 Å². The van der Waals surface area contributed by atoms with E-state index in [1.807, 2.05) is 11.8 Å². The molecule has 1 aliphatic heterocycles. The molecule has 0 spiro atoms. The van der Waals surface area contributed by atoms with Gasteiger partial charge in [0, 0.05) is 25.2 Å². The molecule has 2 heterocycles. The first-order valence-electron chi connectivity index (χ1n) is 9.87. The van der Waals surface area contributed by atoms with Gasteiger partial charge in [-0.1, -0.05) is 36.8 Å². The van der Waals surface area contributed by atoms with Crippen LogP contribution in [0.25, 0.3) is 0 Å². The molecule has 2 N–H and O–H groups in total. The number of carbonyl (C=O) groups is 1. The Kier molecular flexibility index (Phi) is 5.70. The number of hydrogen-bond acceptors (Lipinski definition) is 3. The van der Waals surface area contributed by atoms with Crippen LogP contribution in [-0.4, -0.2) is 40.2 Å². The zero-order valence-corrected chi connectivity index (χ0v) is 17.1. The minimum absolute atomic E-state index is 0.0837. The molecule has 1 fully saturated rings. The van der Waals surface area contributed by atoms with Gasteiger partial charge in [0.1, 0.15) is 0 Å². The maximum absolute atomic E-state index is 12.6. The second kappa shape index (κ2) is 7.85. The normalized spacial score (nSPS) is 19.7. The van der Waals surface area contributed by atoms with Gasteiger partial charge in [-0.3, -0.25) is 9.48 Å². The molecule has 1 aromatic heterocycles. The summed E-state index contributed by atoms with van der Waals surface area (Å²) >= 11 is 0. The highest BCUT2D eigenvalue weighted by molar-refractivity contribution is 5.77. The highest BCUT2D eigenvalue weighted by atomic mass is 16.2. The number of nitrogens with two attached hydrogens (primary N) is 1. The Labute approximate surface area is 162 Å². The van der Waals surface area contributed by atoms with E-state index in [1.54, 1.807) is 0 Å². The molecule has 146 valence electrons. The first kappa shape index (κ1) is 19.6. The van der Waals surface area contributed by atoms with Crippen molar-refractivity contribution in [1.82, 2.24) is 14.7 Å². The van der Waals surface area contributed by atoms with Gasteiger partial charge in [-0.25, -0.2) is 0 Å². The minimum atomic E-state index is 0.0837. The van der Waals surface area contributed by atoms with Crippen molar-refractivity contribution >= 4 is 5.91 Å². The van der Waals surface area contributed by atoms with Crippen LogP contribution in [0.15, 0.2) is 24.3 Å². The summed E-state index contributed by atoms with van der Waals surface area (Å²) in [4.78, 5) is 14.6. The standard InChI is InChI=1S/C22H32N4O/c1-16-5-7-19(8-6-16)13-26-18(3)20(17(2)24-26)9-10-21(27)25-12-11-22(4,14-23)15-25/h5-8H,9-15,23H2,1-4H3. The Hall–Kier alpha value is -2.14. The van der Waals surface area contributed by atoms with Crippen molar-refractivity contribution in [2.75, 3.05) is 19.6 Å². The largest absolute Gasteiger partial charge is 0.342 e. The van der Waals surface area contributed by atoms with Gasteiger partial charge >= 0.3 is 0 Å². The number of benzene rings is 1. The van der Waals surface area contributed by atoms with E-state index in [0.29, 0.717) is 13.0 Å². The predicted octanol–water partition coefficient (Wildman–Crippen LogP) is 2.99. The molecule has 27 heavy (non-hydrogen) atoms. The molecular weight excluding hydrogens is 336 g/mol. The van der Waals surface area contributed by atoms with Crippen LogP contribution in [0, 0.1) is 26.2 Å². The molecule has 1 saturated heterocycles. The van der Waals surface area contributed by atoms with Gasteiger partial charge in [-0.15, -0.1) is 0 Å². The lowest BCUT2D eigenvalue weighted by molar-refractivity contribution is -0.130. The van der Waals surface area contributed by atoms with Crippen LogP contribution in [0.1, 0.15) is 47.8 Å². The second-order valence-corrected chi connectivity index (χ2v) is 8.37. The Bertz CT molecular complexity index is 808. The summed E-state index contributed by atoms with van der Waals surface area (Å²) in [6, 6.07) is 8.56. The summed E-state index contributed by atoms with van der Waals surface area (Å²) in [6.45, 7) is 11.4. The molecule has 1 unspecified atom stereocenters. The molecule has 1 aliphatic rings. The Morgan fingerprint density at radius 2 is 1.93 bits per heavy atom. The summed E-state index contributed by atoms with van der Waals surface area (Å²) in [5.74, 6) is 0.234. The topological polar surface area (TPSA) is 64.2 Å². The summed E-state index contributed by atoms with van der Waals surface area (Å²) in [5, 5.41) is 4.71. The molecule has 1 atom stereocenters. The number of amides is 1. The SMILES string of the molecule is Cc1ccc(Cn2nc(C)c(CCC(=O)N3CCC(C)(CN)C3)c2C)cc1. The Morgan fingerprint density at radius 3 is 2.56 bits per heavy atom. The van der Waals surface area contributed by atoms with E-state index in [9.17, 15) is 4.79 Å². The zero-order valence-electron chi connectivity index (χ0n) is 17.1. The van der Waals surface area contributed by atoms with Crippen LogP contribution < -0.4 is 5.73 Å². The van der Waals surface area contributed by atoms with Gasteiger partial charge in [0.05, 0.1) is 12.2 Å². The van der Waals surface area contributed by atoms with Crippen molar-refractivity contribution in [3.63, 3.8) is 0 Å². The van der Waals surface area contributed by atoms with E-state index in [0.717, 1.165) is 43.9 Å². The van der Waals surface area contributed by atoms with Crippen LogP contribution >= 0.6 is 0 Å². The van der Waals surface area contributed by atoms with E-state index < -0.39 is 0 Å². The summed E-state index contributed by atoms with van der Waals surface area (Å²) < 4.78 is 2.06. The van der Waals surface area contributed by atoms with E-state index in [-0.39, 0.29) is 11.3 Å². The number of aromatic nitrogens is 2. The third-order valence-corrected chi connectivity index (χ3v) is 5.98. The average molecular weight is 369 g/mol. The lowest BCUT2D eigenvalue weighted by Crippen LogP contribution is -2.34. The van der Waals surface area contributed by atoms with Crippen molar-refractivity contribution in [3.05, 3.63) is 52.3 Å². The van der Waals surface area contributed by atoms with E-state index in [2.05, 4.69) is 49.7 Å².